The molecule has 1 aliphatic heterocycles. The van der Waals surface area contributed by atoms with Gasteiger partial charge in [0.2, 0.25) is 5.91 Å². The van der Waals surface area contributed by atoms with Crippen LogP contribution in [0, 0.1) is 0 Å². The molecule has 0 radical (unpaired) electrons. The molecule has 1 heterocycles. The Morgan fingerprint density at radius 3 is 2.23 bits per heavy atom. The van der Waals surface area contributed by atoms with Gasteiger partial charge in [0.05, 0.1) is 5.25 Å². The number of carbonyl (C=O) groups excluding carboxylic acids is 2. The maximum Gasteiger partial charge on any atom is 0.315 e. The summed E-state index contributed by atoms with van der Waals surface area (Å²) in [4.78, 5) is 35.0. The highest BCUT2D eigenvalue weighted by Gasteiger charge is 2.31. The van der Waals surface area contributed by atoms with Crippen molar-refractivity contribution in [1.82, 2.24) is 5.32 Å². The lowest BCUT2D eigenvalue weighted by molar-refractivity contribution is -0.137. The molecule has 5 nitrogen and oxygen atoms in total. The number of carbonyl (C=O) groups is 3. The highest BCUT2D eigenvalue weighted by Crippen LogP contribution is 2.30. The number of hydrogen-bond acceptors (Lipinski definition) is 4. The van der Waals surface area contributed by atoms with Crippen molar-refractivity contribution in [3.63, 3.8) is 0 Å². The minimum Gasteiger partial charge on any atom is -0.481 e. The molecule has 2 unspecified atom stereocenters. The summed E-state index contributed by atoms with van der Waals surface area (Å²) in [7, 11) is 0. The lowest BCUT2D eigenvalue weighted by atomic mass is 9.89. The van der Waals surface area contributed by atoms with E-state index in [0.29, 0.717) is 12.0 Å². The summed E-state index contributed by atoms with van der Waals surface area (Å²) in [5.41, 5.74) is 4.29. The van der Waals surface area contributed by atoms with E-state index in [0.717, 1.165) is 34.0 Å². The average molecular weight is 417 g/mol. The first-order valence-electron chi connectivity index (χ1n) is 9.50. The van der Waals surface area contributed by atoms with Crippen LogP contribution in [0.4, 0.5) is 4.79 Å². The van der Waals surface area contributed by atoms with Gasteiger partial charge >= 0.3 is 5.97 Å². The van der Waals surface area contributed by atoms with Crippen LogP contribution in [0.15, 0.2) is 78.9 Å². The van der Waals surface area contributed by atoms with Gasteiger partial charge in [-0.2, -0.15) is 0 Å². The Bertz CT molecular complexity index is 1100. The first kappa shape index (κ1) is 19.9. The van der Waals surface area contributed by atoms with Gasteiger partial charge in [0.25, 0.3) is 5.24 Å². The van der Waals surface area contributed by atoms with Gasteiger partial charge in [-0.15, -0.1) is 0 Å². The molecule has 2 N–H and O–H groups in total. The molecule has 3 aromatic rings. The zero-order chi connectivity index (χ0) is 21.1. The van der Waals surface area contributed by atoms with Crippen molar-refractivity contribution in [2.45, 2.75) is 17.6 Å². The highest BCUT2D eigenvalue weighted by atomic mass is 32.2. The summed E-state index contributed by atoms with van der Waals surface area (Å²) in [6.45, 7) is 0. The molecule has 2 amide bonds. The normalized spacial score (nSPS) is 16.9. The van der Waals surface area contributed by atoms with Crippen molar-refractivity contribution < 1.29 is 19.5 Å². The minimum atomic E-state index is -0.893. The van der Waals surface area contributed by atoms with Gasteiger partial charge < -0.3 is 5.11 Å². The zero-order valence-corrected chi connectivity index (χ0v) is 16.8. The fraction of sp³-hybridized carbons (Fsp3) is 0.125. The number of amides is 2. The van der Waals surface area contributed by atoms with Crippen LogP contribution in [-0.2, 0) is 16.0 Å². The van der Waals surface area contributed by atoms with Gasteiger partial charge in [0.15, 0.2) is 0 Å². The number of thioether (sulfide) groups is 1. The molecule has 4 rings (SSSR count). The quantitative estimate of drug-likeness (QED) is 0.619. The Kier molecular flexibility index (Phi) is 5.68. The number of imide groups is 1. The lowest BCUT2D eigenvalue weighted by Gasteiger charge is -2.15. The molecular formula is C24H19NO4S. The fourth-order valence-corrected chi connectivity index (χ4v) is 4.46. The summed E-state index contributed by atoms with van der Waals surface area (Å²) < 4.78 is 0. The SMILES string of the molecule is O=C1NC(=O)C(Cc2ccc(-c3cccc(C(C(=O)O)c4ccccc4)c3)cc2)S1. The summed E-state index contributed by atoms with van der Waals surface area (Å²) in [6, 6.07) is 24.5. The van der Waals surface area contributed by atoms with Crippen LogP contribution in [0.1, 0.15) is 22.6 Å². The number of nitrogens with one attached hydrogen (secondary N) is 1. The van der Waals surface area contributed by atoms with Crippen LogP contribution in [0.25, 0.3) is 11.1 Å². The second kappa shape index (κ2) is 8.55. The molecule has 150 valence electrons. The van der Waals surface area contributed by atoms with E-state index in [1.165, 1.54) is 0 Å². The summed E-state index contributed by atoms with van der Waals surface area (Å²) in [6.07, 6.45) is 0.484. The Morgan fingerprint density at radius 1 is 0.900 bits per heavy atom. The van der Waals surface area contributed by atoms with Crippen molar-refractivity contribution in [3.05, 3.63) is 95.6 Å². The van der Waals surface area contributed by atoms with Crippen LogP contribution >= 0.6 is 11.8 Å². The second-order valence-corrected chi connectivity index (χ2v) is 8.27. The van der Waals surface area contributed by atoms with Crippen LogP contribution in [0.2, 0.25) is 0 Å². The first-order valence-corrected chi connectivity index (χ1v) is 10.4. The van der Waals surface area contributed by atoms with Gasteiger partial charge in [0, 0.05) is 0 Å². The van der Waals surface area contributed by atoms with Crippen LogP contribution < -0.4 is 5.32 Å². The third kappa shape index (κ3) is 4.28. The van der Waals surface area contributed by atoms with E-state index < -0.39 is 17.1 Å². The minimum absolute atomic E-state index is 0.248. The molecule has 2 atom stereocenters. The lowest BCUT2D eigenvalue weighted by Crippen LogP contribution is -2.25. The Hall–Kier alpha value is -3.38. The maximum atomic E-state index is 11.9. The van der Waals surface area contributed by atoms with Crippen LogP contribution in [0.3, 0.4) is 0 Å². The molecule has 1 fully saturated rings. The van der Waals surface area contributed by atoms with Crippen LogP contribution in [-0.4, -0.2) is 27.5 Å². The molecule has 0 aromatic heterocycles. The van der Waals surface area contributed by atoms with Gasteiger partial charge in [-0.3, -0.25) is 19.7 Å². The predicted molar refractivity (Wildman–Crippen MR) is 116 cm³/mol. The van der Waals surface area contributed by atoms with E-state index in [-0.39, 0.29) is 11.1 Å². The highest BCUT2D eigenvalue weighted by molar-refractivity contribution is 8.15. The third-order valence-corrected chi connectivity index (χ3v) is 6.06. The third-order valence-electron chi connectivity index (χ3n) is 5.08. The Balaban J connectivity index is 1.57. The molecule has 0 bridgehead atoms. The number of hydrogen-bond donors (Lipinski definition) is 2. The van der Waals surface area contributed by atoms with E-state index in [9.17, 15) is 19.5 Å². The number of benzene rings is 3. The van der Waals surface area contributed by atoms with E-state index in [1.807, 2.05) is 78.9 Å². The van der Waals surface area contributed by atoms with E-state index in [4.69, 9.17) is 0 Å². The molecule has 1 saturated heterocycles. The molecular weight excluding hydrogens is 398 g/mol. The van der Waals surface area contributed by atoms with Crippen molar-refractivity contribution in [2.24, 2.45) is 0 Å². The Labute approximate surface area is 178 Å². The second-order valence-electron chi connectivity index (χ2n) is 7.09. The van der Waals surface area contributed by atoms with Gasteiger partial charge in [-0.1, -0.05) is 84.6 Å². The number of carboxylic acids is 1. The van der Waals surface area contributed by atoms with E-state index >= 15 is 0 Å². The summed E-state index contributed by atoms with van der Waals surface area (Å²) in [5.74, 6) is -1.88. The van der Waals surface area contributed by atoms with E-state index in [1.54, 1.807) is 0 Å². The predicted octanol–water partition coefficient (Wildman–Crippen LogP) is 4.46. The number of aliphatic carboxylic acids is 1. The largest absolute Gasteiger partial charge is 0.481 e. The maximum absolute atomic E-state index is 11.9. The van der Waals surface area contributed by atoms with Crippen molar-refractivity contribution in [2.75, 3.05) is 0 Å². The van der Waals surface area contributed by atoms with Crippen LogP contribution in [0.5, 0.6) is 0 Å². The number of carboxylic acid groups (broad SMARTS) is 1. The fourth-order valence-electron chi connectivity index (χ4n) is 3.60. The molecule has 0 aliphatic carbocycles. The van der Waals surface area contributed by atoms with Crippen molar-refractivity contribution in [3.8, 4) is 11.1 Å². The van der Waals surface area contributed by atoms with Crippen molar-refractivity contribution >= 4 is 28.9 Å². The van der Waals surface area contributed by atoms with Crippen molar-refractivity contribution in [1.29, 1.82) is 0 Å². The van der Waals surface area contributed by atoms with E-state index in [2.05, 4.69) is 5.32 Å². The molecule has 1 aliphatic rings. The zero-order valence-electron chi connectivity index (χ0n) is 15.9. The summed E-state index contributed by atoms with van der Waals surface area (Å²) >= 11 is 1.02. The topological polar surface area (TPSA) is 83.5 Å². The molecule has 6 heteroatoms. The van der Waals surface area contributed by atoms with Gasteiger partial charge in [-0.25, -0.2) is 0 Å². The molecule has 0 spiro atoms. The smallest absolute Gasteiger partial charge is 0.315 e. The number of rotatable bonds is 6. The standard InChI is InChI=1S/C24H19NO4S/c26-22-20(30-24(29)25-22)13-15-9-11-16(12-10-15)18-7-4-8-19(14-18)21(23(27)28)17-5-2-1-3-6-17/h1-12,14,20-21H,13H2,(H,27,28)(H,25,26,29). The van der Waals surface area contributed by atoms with Gasteiger partial charge in [0.1, 0.15) is 5.92 Å². The monoisotopic (exact) mass is 417 g/mol. The summed E-state index contributed by atoms with van der Waals surface area (Å²) in [5, 5.41) is 11.4. The molecule has 3 aromatic carbocycles. The first-order chi connectivity index (χ1) is 14.5. The van der Waals surface area contributed by atoms with Gasteiger partial charge in [-0.05, 0) is 40.3 Å². The molecule has 30 heavy (non-hydrogen) atoms. The average Bonchev–Trinajstić information content (AvgIpc) is 3.06. The Morgan fingerprint density at radius 2 is 1.60 bits per heavy atom. The molecule has 0 saturated carbocycles.